The third-order valence-electron chi connectivity index (χ3n) is 4.25. The van der Waals surface area contributed by atoms with E-state index in [-0.39, 0.29) is 17.4 Å². The monoisotopic (exact) mass is 339 g/mol. The molecule has 0 spiro atoms. The zero-order valence-corrected chi connectivity index (χ0v) is 14.5. The van der Waals surface area contributed by atoms with E-state index in [1.165, 1.54) is 12.1 Å². The lowest BCUT2D eigenvalue weighted by Crippen LogP contribution is -2.31. The summed E-state index contributed by atoms with van der Waals surface area (Å²) >= 11 is 0. The number of nitrogens with zero attached hydrogens (tertiary/aromatic N) is 2. The van der Waals surface area contributed by atoms with Crippen LogP contribution in [-0.4, -0.2) is 16.1 Å². The van der Waals surface area contributed by atoms with Gasteiger partial charge in [-0.25, -0.2) is 9.37 Å². The van der Waals surface area contributed by atoms with Crippen molar-refractivity contribution in [1.82, 2.24) is 14.9 Å². The number of fused-ring (bicyclic) bond motifs is 1. The summed E-state index contributed by atoms with van der Waals surface area (Å²) in [6.45, 7) is 4.99. The van der Waals surface area contributed by atoms with E-state index >= 15 is 0 Å². The Morgan fingerprint density at radius 1 is 1.12 bits per heavy atom. The molecule has 1 heterocycles. The zero-order chi connectivity index (χ0) is 17.8. The van der Waals surface area contributed by atoms with Gasteiger partial charge in [-0.1, -0.05) is 26.0 Å². The largest absolute Gasteiger partial charge is 0.307 e. The molecule has 3 rings (SSSR count). The smallest absolute Gasteiger partial charge is 0.266 e. The summed E-state index contributed by atoms with van der Waals surface area (Å²) in [7, 11) is 0. The first-order valence-electron chi connectivity index (χ1n) is 8.66. The summed E-state index contributed by atoms with van der Waals surface area (Å²) in [5.74, 6) is 0.328. The Morgan fingerprint density at radius 3 is 2.52 bits per heavy atom. The van der Waals surface area contributed by atoms with Crippen LogP contribution in [0.25, 0.3) is 16.6 Å². The molecule has 0 aliphatic carbocycles. The van der Waals surface area contributed by atoms with Gasteiger partial charge in [-0.2, -0.15) is 0 Å². The van der Waals surface area contributed by atoms with E-state index in [0.717, 1.165) is 19.4 Å². The topological polar surface area (TPSA) is 46.9 Å². The van der Waals surface area contributed by atoms with Crippen LogP contribution in [0, 0.1) is 5.82 Å². The van der Waals surface area contributed by atoms with Gasteiger partial charge in [0, 0.05) is 0 Å². The second-order valence-electron chi connectivity index (χ2n) is 6.02. The first-order chi connectivity index (χ1) is 12.2. The number of hydrogen-bond acceptors (Lipinski definition) is 3. The zero-order valence-electron chi connectivity index (χ0n) is 14.5. The van der Waals surface area contributed by atoms with E-state index in [9.17, 15) is 9.18 Å². The van der Waals surface area contributed by atoms with Gasteiger partial charge in [0.1, 0.15) is 11.6 Å². The summed E-state index contributed by atoms with van der Waals surface area (Å²) in [5, 5.41) is 4.01. The quantitative estimate of drug-likeness (QED) is 0.739. The van der Waals surface area contributed by atoms with E-state index in [4.69, 9.17) is 4.98 Å². The number of rotatable bonds is 6. The molecule has 2 aromatic carbocycles. The highest BCUT2D eigenvalue weighted by atomic mass is 19.1. The van der Waals surface area contributed by atoms with Gasteiger partial charge in [-0.15, -0.1) is 0 Å². The predicted octanol–water partition coefficient (Wildman–Crippen LogP) is 3.98. The first-order valence-corrected chi connectivity index (χ1v) is 8.66. The molecule has 0 aliphatic rings. The van der Waals surface area contributed by atoms with Crippen molar-refractivity contribution in [2.75, 3.05) is 6.54 Å². The van der Waals surface area contributed by atoms with Gasteiger partial charge in [0.25, 0.3) is 5.56 Å². The highest BCUT2D eigenvalue weighted by molar-refractivity contribution is 5.77. The lowest BCUT2D eigenvalue weighted by molar-refractivity contribution is 0.484. The van der Waals surface area contributed by atoms with Crippen LogP contribution in [0.1, 0.15) is 38.6 Å². The SMILES string of the molecule is CCCN[C@@H](CC)c1nc2ccccc2c(=O)n1-c1ccc(F)cc1. The molecule has 0 aliphatic heterocycles. The Hall–Kier alpha value is -2.53. The lowest BCUT2D eigenvalue weighted by Gasteiger charge is -2.21. The standard InChI is InChI=1S/C20H22FN3O/c1-3-13-22-17(4-2)19-23-18-8-6-5-7-16(18)20(25)24(19)15-11-9-14(21)10-12-15/h5-12,17,22H,3-4,13H2,1-2H3/t17-/m0/s1. The molecular formula is C20H22FN3O. The van der Waals surface area contributed by atoms with Crippen molar-refractivity contribution < 1.29 is 4.39 Å². The summed E-state index contributed by atoms with van der Waals surface area (Å²) in [5.41, 5.74) is 1.16. The normalized spacial score (nSPS) is 12.4. The van der Waals surface area contributed by atoms with Crippen LogP contribution in [0.4, 0.5) is 4.39 Å². The Kier molecular flexibility index (Phi) is 5.24. The van der Waals surface area contributed by atoms with Gasteiger partial charge in [0.2, 0.25) is 0 Å². The Balaban J connectivity index is 2.27. The fourth-order valence-electron chi connectivity index (χ4n) is 2.96. The fourth-order valence-corrected chi connectivity index (χ4v) is 2.96. The minimum Gasteiger partial charge on any atom is -0.307 e. The van der Waals surface area contributed by atoms with Crippen LogP contribution < -0.4 is 10.9 Å². The number of hydrogen-bond donors (Lipinski definition) is 1. The van der Waals surface area contributed by atoms with Gasteiger partial charge in [0.05, 0.1) is 22.6 Å². The maximum atomic E-state index is 13.3. The minimum absolute atomic E-state index is 0.0534. The number of benzene rings is 2. The Morgan fingerprint density at radius 2 is 1.84 bits per heavy atom. The summed E-state index contributed by atoms with van der Waals surface area (Å²) in [6, 6.07) is 13.2. The molecule has 0 saturated heterocycles. The minimum atomic E-state index is -0.330. The number of halogens is 1. The van der Waals surface area contributed by atoms with E-state index in [1.807, 2.05) is 18.2 Å². The number of aromatic nitrogens is 2. The van der Waals surface area contributed by atoms with Crippen LogP contribution >= 0.6 is 0 Å². The third kappa shape index (κ3) is 3.46. The van der Waals surface area contributed by atoms with Gasteiger partial charge >= 0.3 is 0 Å². The third-order valence-corrected chi connectivity index (χ3v) is 4.25. The van der Waals surface area contributed by atoms with Crippen LogP contribution in [0.15, 0.2) is 53.3 Å². The molecule has 25 heavy (non-hydrogen) atoms. The molecule has 130 valence electrons. The van der Waals surface area contributed by atoms with Gasteiger partial charge in [0.15, 0.2) is 0 Å². The average molecular weight is 339 g/mol. The lowest BCUT2D eigenvalue weighted by atomic mass is 10.1. The summed E-state index contributed by atoms with van der Waals surface area (Å²) in [6.07, 6.45) is 1.79. The summed E-state index contributed by atoms with van der Waals surface area (Å²) < 4.78 is 14.9. The van der Waals surface area contributed by atoms with Crippen LogP contribution in [0.3, 0.4) is 0 Å². The molecule has 0 fully saturated rings. The molecule has 5 heteroatoms. The maximum Gasteiger partial charge on any atom is 0.266 e. The summed E-state index contributed by atoms with van der Waals surface area (Å²) in [4.78, 5) is 17.9. The average Bonchev–Trinajstić information content (AvgIpc) is 2.64. The maximum absolute atomic E-state index is 13.3. The highest BCUT2D eigenvalue weighted by Gasteiger charge is 2.19. The molecule has 1 aromatic heterocycles. The van der Waals surface area contributed by atoms with Crippen molar-refractivity contribution in [3.63, 3.8) is 0 Å². The van der Waals surface area contributed by atoms with Crippen LogP contribution in [-0.2, 0) is 0 Å². The van der Waals surface area contributed by atoms with E-state index < -0.39 is 0 Å². The Bertz CT molecular complexity index is 918. The first kappa shape index (κ1) is 17.3. The second kappa shape index (κ2) is 7.57. The molecule has 0 amide bonds. The molecule has 1 atom stereocenters. The molecular weight excluding hydrogens is 317 g/mol. The van der Waals surface area contributed by atoms with Crippen molar-refractivity contribution in [2.24, 2.45) is 0 Å². The fraction of sp³-hybridized carbons (Fsp3) is 0.300. The molecule has 0 bridgehead atoms. The van der Waals surface area contributed by atoms with Gasteiger partial charge < -0.3 is 5.32 Å². The second-order valence-corrected chi connectivity index (χ2v) is 6.02. The molecule has 0 saturated carbocycles. The number of para-hydroxylation sites is 1. The molecule has 4 nitrogen and oxygen atoms in total. The molecule has 1 N–H and O–H groups in total. The van der Waals surface area contributed by atoms with Crippen molar-refractivity contribution >= 4 is 10.9 Å². The molecule has 3 aromatic rings. The van der Waals surface area contributed by atoms with Crippen molar-refractivity contribution in [3.05, 3.63) is 70.5 Å². The molecule has 0 radical (unpaired) electrons. The van der Waals surface area contributed by atoms with Gasteiger partial charge in [-0.05, 0) is 55.8 Å². The van der Waals surface area contributed by atoms with E-state index in [0.29, 0.717) is 22.4 Å². The Labute approximate surface area is 146 Å². The van der Waals surface area contributed by atoms with E-state index in [2.05, 4.69) is 19.2 Å². The van der Waals surface area contributed by atoms with Crippen LogP contribution in [0.5, 0.6) is 0 Å². The van der Waals surface area contributed by atoms with E-state index in [1.54, 1.807) is 22.8 Å². The van der Waals surface area contributed by atoms with Crippen LogP contribution in [0.2, 0.25) is 0 Å². The highest BCUT2D eigenvalue weighted by Crippen LogP contribution is 2.20. The van der Waals surface area contributed by atoms with Crippen molar-refractivity contribution in [1.29, 1.82) is 0 Å². The van der Waals surface area contributed by atoms with Crippen molar-refractivity contribution in [3.8, 4) is 5.69 Å². The predicted molar refractivity (Wildman–Crippen MR) is 98.6 cm³/mol. The number of nitrogens with one attached hydrogen (secondary N) is 1. The molecule has 0 unspecified atom stereocenters. The van der Waals surface area contributed by atoms with Gasteiger partial charge in [-0.3, -0.25) is 9.36 Å². The van der Waals surface area contributed by atoms with Crippen molar-refractivity contribution in [2.45, 2.75) is 32.7 Å².